The smallest absolute Gasteiger partial charge is 0.271 e. The number of hydrogen-bond donors (Lipinski definition) is 2. The van der Waals surface area contributed by atoms with Crippen LogP contribution in [0.4, 0.5) is 0 Å². The van der Waals surface area contributed by atoms with E-state index in [1.54, 1.807) is 14.2 Å². The van der Waals surface area contributed by atoms with Crippen LogP contribution in [0.5, 0.6) is 11.5 Å². The predicted octanol–water partition coefficient (Wildman–Crippen LogP) is 7.34. The molecule has 2 aliphatic heterocycles. The highest BCUT2D eigenvalue weighted by molar-refractivity contribution is 5.93. The first-order valence-electron chi connectivity index (χ1n) is 18.6. The molecule has 3 atom stereocenters. The Labute approximate surface area is 320 Å². The molecule has 6 aromatic rings. The summed E-state index contributed by atoms with van der Waals surface area (Å²) in [5, 5.41) is 12.6. The predicted molar refractivity (Wildman–Crippen MR) is 210 cm³/mol. The standard InChI is InChI=1S/C45H44N4O6/c1-52-42-21-35-18-19-49(26-36(35)22-43(42)53-2)27-37-23-41(32-12-10-29(28-50)11-13-32)55-45(54-37)33-16-14-31(15-17-33)34-7-5-6-30(20-34)24-47-44(51)40-25-46-38-8-3-4-9-39(38)48-40/h3-17,20-22,25,37,41,45,50H,18-19,23-24,26-28H2,1-2H3,(H,47,51)/t37-,41+,45+/m1/s1. The van der Waals surface area contributed by atoms with Crippen molar-refractivity contribution in [3.8, 4) is 22.6 Å². The highest BCUT2D eigenvalue weighted by atomic mass is 16.7. The minimum Gasteiger partial charge on any atom is -0.493 e. The van der Waals surface area contributed by atoms with E-state index in [1.807, 2.05) is 60.7 Å². The lowest BCUT2D eigenvalue weighted by molar-refractivity contribution is -0.253. The van der Waals surface area contributed by atoms with Crippen molar-refractivity contribution in [2.24, 2.45) is 0 Å². The van der Waals surface area contributed by atoms with Crippen molar-refractivity contribution in [1.29, 1.82) is 0 Å². The molecule has 0 bridgehead atoms. The Morgan fingerprint density at radius 2 is 1.56 bits per heavy atom. The molecular weight excluding hydrogens is 693 g/mol. The summed E-state index contributed by atoms with van der Waals surface area (Å²) >= 11 is 0. The van der Waals surface area contributed by atoms with E-state index in [0.717, 1.165) is 76.5 Å². The lowest BCUT2D eigenvalue weighted by Gasteiger charge is -2.39. The first-order valence-corrected chi connectivity index (χ1v) is 18.6. The molecule has 0 unspecified atom stereocenters. The first-order chi connectivity index (χ1) is 27.0. The second kappa shape index (κ2) is 16.4. The molecule has 0 radical (unpaired) electrons. The van der Waals surface area contributed by atoms with Crippen LogP contribution in [0.15, 0.2) is 115 Å². The number of methoxy groups -OCH3 is 2. The normalized spacial score (nSPS) is 18.4. The molecule has 10 heteroatoms. The molecule has 2 aliphatic rings. The van der Waals surface area contributed by atoms with Gasteiger partial charge in [0, 0.05) is 38.2 Å². The maximum Gasteiger partial charge on any atom is 0.271 e. The fourth-order valence-electron chi connectivity index (χ4n) is 7.45. The van der Waals surface area contributed by atoms with Crippen molar-refractivity contribution < 1.29 is 28.8 Å². The molecule has 1 amide bonds. The molecule has 1 aromatic heterocycles. The summed E-state index contributed by atoms with van der Waals surface area (Å²) in [6.45, 7) is 2.82. The van der Waals surface area contributed by atoms with Crippen LogP contribution in [-0.4, -0.2) is 59.3 Å². The Balaban J connectivity index is 0.962. The van der Waals surface area contributed by atoms with Gasteiger partial charge in [-0.25, -0.2) is 4.98 Å². The number of benzene rings is 5. The number of amides is 1. The number of nitrogens with zero attached hydrogens (tertiary/aromatic N) is 3. The van der Waals surface area contributed by atoms with E-state index in [1.165, 1.54) is 17.3 Å². The average Bonchev–Trinajstić information content (AvgIpc) is 3.25. The van der Waals surface area contributed by atoms with Crippen molar-refractivity contribution in [2.45, 2.75) is 51.0 Å². The molecule has 55 heavy (non-hydrogen) atoms. The van der Waals surface area contributed by atoms with E-state index < -0.39 is 6.29 Å². The number of aromatic nitrogens is 2. The number of aliphatic hydroxyl groups excluding tert-OH is 1. The lowest BCUT2D eigenvalue weighted by Crippen LogP contribution is -2.41. The molecule has 0 spiro atoms. The van der Waals surface area contributed by atoms with Crippen molar-refractivity contribution in [3.63, 3.8) is 0 Å². The Morgan fingerprint density at radius 1 is 0.818 bits per heavy atom. The molecule has 10 nitrogen and oxygen atoms in total. The average molecular weight is 737 g/mol. The van der Waals surface area contributed by atoms with Crippen LogP contribution in [0.25, 0.3) is 22.2 Å². The summed E-state index contributed by atoms with van der Waals surface area (Å²) in [4.78, 5) is 24.2. The van der Waals surface area contributed by atoms with Gasteiger partial charge in [-0.05, 0) is 75.7 Å². The number of aliphatic hydroxyl groups is 1. The number of hydrogen-bond acceptors (Lipinski definition) is 9. The molecule has 1 saturated heterocycles. The molecule has 280 valence electrons. The highest BCUT2D eigenvalue weighted by Crippen LogP contribution is 2.40. The van der Waals surface area contributed by atoms with Crippen LogP contribution >= 0.6 is 0 Å². The minimum atomic E-state index is -0.559. The van der Waals surface area contributed by atoms with Gasteiger partial charge in [0.05, 0.1) is 50.3 Å². The number of fused-ring (bicyclic) bond motifs is 2. The second-order valence-electron chi connectivity index (χ2n) is 14.1. The van der Waals surface area contributed by atoms with E-state index in [0.29, 0.717) is 18.5 Å². The zero-order valence-corrected chi connectivity index (χ0v) is 31.0. The van der Waals surface area contributed by atoms with Gasteiger partial charge in [0.2, 0.25) is 0 Å². The lowest BCUT2D eigenvalue weighted by atomic mass is 9.96. The van der Waals surface area contributed by atoms with Gasteiger partial charge >= 0.3 is 0 Å². The summed E-state index contributed by atoms with van der Waals surface area (Å²) in [6.07, 6.45) is 2.33. The fraction of sp³-hybridized carbons (Fsp3) is 0.267. The zero-order chi connectivity index (χ0) is 37.7. The van der Waals surface area contributed by atoms with Crippen LogP contribution in [0, 0.1) is 0 Å². The monoisotopic (exact) mass is 736 g/mol. The molecule has 8 rings (SSSR count). The van der Waals surface area contributed by atoms with Crippen molar-refractivity contribution in [1.82, 2.24) is 20.2 Å². The molecule has 1 fully saturated rings. The summed E-state index contributed by atoms with van der Waals surface area (Å²) in [5.74, 6) is 1.23. The number of carbonyl (C=O) groups is 1. The third kappa shape index (κ3) is 8.23. The SMILES string of the molecule is COc1cc2c(cc1OC)CN(C[C@H]1C[C@@H](c3ccc(CO)cc3)O[C@@H](c3ccc(-c4cccc(CNC(=O)c5cnc6ccccc6n5)c4)cc3)O1)CC2. The van der Waals surface area contributed by atoms with E-state index in [4.69, 9.17) is 18.9 Å². The van der Waals surface area contributed by atoms with Gasteiger partial charge in [-0.3, -0.25) is 14.7 Å². The Bertz CT molecular complexity index is 2280. The first kappa shape index (κ1) is 36.3. The van der Waals surface area contributed by atoms with Crippen LogP contribution in [-0.2, 0) is 35.6 Å². The van der Waals surface area contributed by atoms with Gasteiger partial charge in [-0.15, -0.1) is 0 Å². The fourth-order valence-corrected chi connectivity index (χ4v) is 7.45. The van der Waals surface area contributed by atoms with Crippen molar-refractivity contribution in [2.75, 3.05) is 27.3 Å². The number of nitrogens with one attached hydrogen (secondary N) is 1. The summed E-state index contributed by atoms with van der Waals surface area (Å²) < 4.78 is 24.5. The third-order valence-electron chi connectivity index (χ3n) is 10.5. The number of rotatable bonds is 11. The number of para-hydroxylation sites is 2. The topological polar surface area (TPSA) is 115 Å². The van der Waals surface area contributed by atoms with Crippen molar-refractivity contribution >= 4 is 16.9 Å². The summed E-state index contributed by atoms with van der Waals surface area (Å²) in [5.41, 5.74) is 10.2. The Hall–Kier alpha value is -5.65. The Morgan fingerprint density at radius 3 is 2.33 bits per heavy atom. The Kier molecular flexibility index (Phi) is 10.8. The van der Waals surface area contributed by atoms with E-state index in [2.05, 4.69) is 68.7 Å². The van der Waals surface area contributed by atoms with Gasteiger partial charge < -0.3 is 29.4 Å². The van der Waals surface area contributed by atoms with Gasteiger partial charge in [0.1, 0.15) is 5.69 Å². The van der Waals surface area contributed by atoms with Crippen molar-refractivity contribution in [3.05, 3.63) is 154 Å². The maximum absolute atomic E-state index is 12.9. The molecule has 2 N–H and O–H groups in total. The van der Waals surface area contributed by atoms with Gasteiger partial charge in [0.25, 0.3) is 5.91 Å². The van der Waals surface area contributed by atoms with E-state index in [9.17, 15) is 9.90 Å². The molecule has 3 heterocycles. The molecule has 0 aliphatic carbocycles. The summed E-state index contributed by atoms with van der Waals surface area (Å²) in [7, 11) is 3.34. The molecular formula is C45H44N4O6. The minimum absolute atomic E-state index is 0.00231. The zero-order valence-electron chi connectivity index (χ0n) is 31.0. The van der Waals surface area contributed by atoms with E-state index in [-0.39, 0.29) is 30.4 Å². The summed E-state index contributed by atoms with van der Waals surface area (Å²) in [6, 6.07) is 36.1. The molecule has 0 saturated carbocycles. The third-order valence-corrected chi connectivity index (χ3v) is 10.5. The second-order valence-corrected chi connectivity index (χ2v) is 14.1. The number of carbonyl (C=O) groups excluding carboxylic acids is 1. The highest BCUT2D eigenvalue weighted by Gasteiger charge is 2.34. The van der Waals surface area contributed by atoms with Gasteiger partial charge in [-0.1, -0.05) is 78.9 Å². The van der Waals surface area contributed by atoms with Crippen LogP contribution < -0.4 is 14.8 Å². The maximum atomic E-state index is 12.9. The van der Waals surface area contributed by atoms with Gasteiger partial charge in [0.15, 0.2) is 17.8 Å². The quantitative estimate of drug-likeness (QED) is 0.141. The molecule has 5 aromatic carbocycles. The largest absolute Gasteiger partial charge is 0.493 e. The number of ether oxygens (including phenoxy) is 4. The van der Waals surface area contributed by atoms with Crippen LogP contribution in [0.3, 0.4) is 0 Å². The van der Waals surface area contributed by atoms with Crippen LogP contribution in [0.1, 0.15) is 62.7 Å². The van der Waals surface area contributed by atoms with E-state index >= 15 is 0 Å². The van der Waals surface area contributed by atoms with Gasteiger partial charge in [-0.2, -0.15) is 0 Å². The van der Waals surface area contributed by atoms with Crippen LogP contribution in [0.2, 0.25) is 0 Å².